The lowest BCUT2D eigenvalue weighted by molar-refractivity contribution is -0.137. The summed E-state index contributed by atoms with van der Waals surface area (Å²) in [5.41, 5.74) is 1.36. The zero-order valence-electron chi connectivity index (χ0n) is 12.9. The molecule has 1 heterocycles. The monoisotopic (exact) mass is 290 g/mol. The molecule has 21 heavy (non-hydrogen) atoms. The maximum atomic E-state index is 10.6. The standard InChI is InChI=1S/C17H26N2O2/c1-18(13-15-5-3-2-4-6-15)14-16-7-10-19(11-8-16)12-9-17(20)21/h2-6,16H,7-14H2,1H3,(H,20,21). The largest absolute Gasteiger partial charge is 0.481 e. The van der Waals surface area contributed by atoms with Gasteiger partial charge in [-0.15, -0.1) is 0 Å². The first kappa shape index (κ1) is 16.0. The summed E-state index contributed by atoms with van der Waals surface area (Å²) in [5, 5.41) is 8.72. The first-order chi connectivity index (χ1) is 10.1. The number of benzene rings is 1. The van der Waals surface area contributed by atoms with E-state index in [0.717, 1.165) is 32.1 Å². The van der Waals surface area contributed by atoms with E-state index in [1.165, 1.54) is 18.4 Å². The summed E-state index contributed by atoms with van der Waals surface area (Å²) < 4.78 is 0. The van der Waals surface area contributed by atoms with Crippen LogP contribution >= 0.6 is 0 Å². The van der Waals surface area contributed by atoms with Crippen molar-refractivity contribution < 1.29 is 9.90 Å². The number of piperidine rings is 1. The van der Waals surface area contributed by atoms with Crippen molar-refractivity contribution in [2.24, 2.45) is 5.92 Å². The van der Waals surface area contributed by atoms with E-state index in [1.807, 2.05) is 0 Å². The van der Waals surface area contributed by atoms with Crippen LogP contribution in [0.1, 0.15) is 24.8 Å². The Morgan fingerprint density at radius 1 is 1.29 bits per heavy atom. The molecule has 0 spiro atoms. The molecule has 0 atom stereocenters. The highest BCUT2D eigenvalue weighted by Crippen LogP contribution is 2.19. The summed E-state index contributed by atoms with van der Waals surface area (Å²) in [6.07, 6.45) is 2.62. The molecule has 0 aliphatic carbocycles. The van der Waals surface area contributed by atoms with Gasteiger partial charge in [0.2, 0.25) is 0 Å². The number of likely N-dealkylation sites (tertiary alicyclic amines) is 1. The Morgan fingerprint density at radius 2 is 1.95 bits per heavy atom. The van der Waals surface area contributed by atoms with Gasteiger partial charge in [0.25, 0.3) is 0 Å². The van der Waals surface area contributed by atoms with Crippen molar-refractivity contribution in [2.45, 2.75) is 25.8 Å². The van der Waals surface area contributed by atoms with Gasteiger partial charge in [-0.3, -0.25) is 4.79 Å². The number of nitrogens with zero attached hydrogens (tertiary/aromatic N) is 2. The summed E-state index contributed by atoms with van der Waals surface area (Å²) in [7, 11) is 2.18. The number of carbonyl (C=O) groups is 1. The van der Waals surface area contributed by atoms with Gasteiger partial charge >= 0.3 is 5.97 Å². The summed E-state index contributed by atoms with van der Waals surface area (Å²) in [4.78, 5) is 15.3. The molecule has 0 radical (unpaired) electrons. The topological polar surface area (TPSA) is 43.8 Å². The Hall–Kier alpha value is -1.39. The van der Waals surface area contributed by atoms with E-state index in [4.69, 9.17) is 5.11 Å². The zero-order chi connectivity index (χ0) is 15.1. The predicted molar refractivity (Wildman–Crippen MR) is 84.2 cm³/mol. The van der Waals surface area contributed by atoms with Gasteiger partial charge in [-0.25, -0.2) is 0 Å². The highest BCUT2D eigenvalue weighted by Gasteiger charge is 2.20. The predicted octanol–water partition coefficient (Wildman–Crippen LogP) is 2.31. The van der Waals surface area contributed by atoms with Crippen molar-refractivity contribution in [1.82, 2.24) is 9.80 Å². The molecule has 4 heteroatoms. The number of carboxylic acid groups (broad SMARTS) is 1. The van der Waals surface area contributed by atoms with Gasteiger partial charge < -0.3 is 14.9 Å². The molecule has 1 aromatic rings. The van der Waals surface area contributed by atoms with Gasteiger partial charge in [0, 0.05) is 19.6 Å². The van der Waals surface area contributed by atoms with Crippen LogP contribution in [0, 0.1) is 5.92 Å². The Kier molecular flexibility index (Phi) is 6.21. The number of aliphatic carboxylic acids is 1. The van der Waals surface area contributed by atoms with Gasteiger partial charge in [-0.2, -0.15) is 0 Å². The Morgan fingerprint density at radius 3 is 2.57 bits per heavy atom. The van der Waals surface area contributed by atoms with E-state index in [2.05, 4.69) is 47.2 Å². The van der Waals surface area contributed by atoms with Crippen LogP contribution in [0.25, 0.3) is 0 Å². The highest BCUT2D eigenvalue weighted by atomic mass is 16.4. The van der Waals surface area contributed by atoms with Gasteiger partial charge in [0.1, 0.15) is 0 Å². The quantitative estimate of drug-likeness (QED) is 0.837. The summed E-state index contributed by atoms with van der Waals surface area (Å²) in [5.74, 6) is 0.0412. The van der Waals surface area contributed by atoms with E-state index in [0.29, 0.717) is 6.54 Å². The number of rotatable bonds is 7. The van der Waals surface area contributed by atoms with Crippen LogP contribution in [-0.4, -0.2) is 54.1 Å². The molecule has 0 bridgehead atoms. The molecular weight excluding hydrogens is 264 g/mol. The van der Waals surface area contributed by atoms with Crippen LogP contribution in [0.3, 0.4) is 0 Å². The van der Waals surface area contributed by atoms with E-state index >= 15 is 0 Å². The Labute approximate surface area is 127 Å². The van der Waals surface area contributed by atoms with Crippen LogP contribution in [0.2, 0.25) is 0 Å². The molecule has 116 valence electrons. The molecule has 1 fully saturated rings. The molecule has 0 aromatic heterocycles. The summed E-state index contributed by atoms with van der Waals surface area (Å²) >= 11 is 0. The van der Waals surface area contributed by atoms with Gasteiger partial charge in [-0.05, 0) is 44.5 Å². The van der Waals surface area contributed by atoms with Crippen LogP contribution in [-0.2, 0) is 11.3 Å². The number of hydrogen-bond donors (Lipinski definition) is 1. The van der Waals surface area contributed by atoms with Gasteiger partial charge in [0.05, 0.1) is 6.42 Å². The van der Waals surface area contributed by atoms with Gasteiger partial charge in [0.15, 0.2) is 0 Å². The minimum Gasteiger partial charge on any atom is -0.481 e. The first-order valence-corrected chi connectivity index (χ1v) is 7.80. The van der Waals surface area contributed by atoms with Crippen LogP contribution in [0.5, 0.6) is 0 Å². The lowest BCUT2D eigenvalue weighted by atomic mass is 9.96. The SMILES string of the molecule is CN(Cc1ccccc1)CC1CCN(CCC(=O)O)CC1. The molecule has 1 aliphatic heterocycles. The van der Waals surface area contributed by atoms with Crippen LogP contribution in [0.4, 0.5) is 0 Å². The molecule has 1 saturated heterocycles. The second-order valence-corrected chi connectivity index (χ2v) is 6.11. The van der Waals surface area contributed by atoms with Crippen LogP contribution in [0.15, 0.2) is 30.3 Å². The fourth-order valence-corrected chi connectivity index (χ4v) is 3.05. The van der Waals surface area contributed by atoms with Gasteiger partial charge in [-0.1, -0.05) is 30.3 Å². The van der Waals surface area contributed by atoms with Crippen molar-refractivity contribution in [1.29, 1.82) is 0 Å². The molecule has 0 unspecified atom stereocenters. The fourth-order valence-electron chi connectivity index (χ4n) is 3.05. The van der Waals surface area contributed by atoms with Crippen molar-refractivity contribution in [3.8, 4) is 0 Å². The van der Waals surface area contributed by atoms with E-state index in [1.54, 1.807) is 0 Å². The number of carboxylic acids is 1. The smallest absolute Gasteiger partial charge is 0.304 e. The second kappa shape index (κ2) is 8.15. The Bertz CT molecular complexity index is 428. The summed E-state index contributed by atoms with van der Waals surface area (Å²) in [6.45, 7) is 4.90. The molecule has 2 rings (SSSR count). The molecule has 1 aromatic carbocycles. The van der Waals surface area contributed by atoms with Crippen molar-refractivity contribution in [3.63, 3.8) is 0 Å². The average molecular weight is 290 g/mol. The zero-order valence-corrected chi connectivity index (χ0v) is 12.9. The minimum atomic E-state index is -0.695. The van der Waals surface area contributed by atoms with E-state index in [9.17, 15) is 4.79 Å². The normalized spacial score (nSPS) is 17.2. The molecular formula is C17H26N2O2. The van der Waals surface area contributed by atoms with Crippen molar-refractivity contribution in [2.75, 3.05) is 33.2 Å². The van der Waals surface area contributed by atoms with E-state index < -0.39 is 5.97 Å². The van der Waals surface area contributed by atoms with Crippen molar-refractivity contribution >= 4 is 5.97 Å². The molecule has 0 saturated carbocycles. The lowest BCUT2D eigenvalue weighted by Crippen LogP contribution is -2.38. The molecule has 4 nitrogen and oxygen atoms in total. The maximum Gasteiger partial charge on any atom is 0.304 e. The average Bonchev–Trinajstić information content (AvgIpc) is 2.47. The Balaban J connectivity index is 1.67. The second-order valence-electron chi connectivity index (χ2n) is 6.11. The molecule has 1 N–H and O–H groups in total. The van der Waals surface area contributed by atoms with Crippen molar-refractivity contribution in [3.05, 3.63) is 35.9 Å². The third-order valence-corrected chi connectivity index (χ3v) is 4.21. The number of hydrogen-bond acceptors (Lipinski definition) is 3. The van der Waals surface area contributed by atoms with E-state index in [-0.39, 0.29) is 6.42 Å². The lowest BCUT2D eigenvalue weighted by Gasteiger charge is -2.33. The fraction of sp³-hybridized carbons (Fsp3) is 0.588. The summed E-state index contributed by atoms with van der Waals surface area (Å²) in [6, 6.07) is 10.6. The third-order valence-electron chi connectivity index (χ3n) is 4.21. The minimum absolute atomic E-state index is 0.262. The molecule has 1 aliphatic rings. The van der Waals surface area contributed by atoms with Crippen LogP contribution < -0.4 is 0 Å². The molecule has 0 amide bonds. The maximum absolute atomic E-state index is 10.6. The third kappa shape index (κ3) is 5.86. The highest BCUT2D eigenvalue weighted by molar-refractivity contribution is 5.66. The first-order valence-electron chi connectivity index (χ1n) is 7.80.